The van der Waals surface area contributed by atoms with Gasteiger partial charge in [0.15, 0.2) is 0 Å². The van der Waals surface area contributed by atoms with Crippen LogP contribution in [0.4, 0.5) is 0 Å². The fourth-order valence-electron chi connectivity index (χ4n) is 10.2. The summed E-state index contributed by atoms with van der Waals surface area (Å²) in [6, 6.07) is 77.3. The molecule has 2 heteroatoms. The van der Waals surface area contributed by atoms with Crippen molar-refractivity contribution < 1.29 is 0 Å². The minimum absolute atomic E-state index is 0.199. The van der Waals surface area contributed by atoms with Gasteiger partial charge in [-0.05, 0) is 6.07 Å². The van der Waals surface area contributed by atoms with Crippen molar-refractivity contribution in [3.8, 4) is 44.5 Å². The van der Waals surface area contributed by atoms with E-state index in [1.165, 1.54) is 127 Å². The van der Waals surface area contributed by atoms with Crippen molar-refractivity contribution in [3.63, 3.8) is 0 Å². The number of thiophene rings is 1. The zero-order chi connectivity index (χ0) is 39.3. The van der Waals surface area contributed by atoms with Crippen LogP contribution in [0, 0.1) is 0 Å². The van der Waals surface area contributed by atoms with E-state index in [0.717, 1.165) is 0 Å². The molecule has 13 aromatic rings. The summed E-state index contributed by atoms with van der Waals surface area (Å²) in [6.45, 7) is 0. The normalized spacial score (nSPS) is 12.0. The Labute approximate surface area is 357 Å². The summed E-state index contributed by atoms with van der Waals surface area (Å²) in [5.41, 5.74) is 10.4. The molecule has 0 nitrogen and oxygen atoms in total. The van der Waals surface area contributed by atoms with E-state index in [9.17, 15) is 0 Å². The molecular weight excluding hydrogens is 808 g/mol. The molecular formula is C58H34SSe. The fraction of sp³-hybridized carbons (Fsp3) is 0. The first kappa shape index (κ1) is 34.1. The monoisotopic (exact) mass is 842 g/mol. The summed E-state index contributed by atoms with van der Waals surface area (Å²) < 4.78 is 5.57. The zero-order valence-corrected chi connectivity index (χ0v) is 35.0. The number of hydrogen-bond acceptors (Lipinski definition) is 1. The predicted octanol–water partition coefficient (Wildman–Crippen LogP) is 16.7. The molecule has 0 bridgehead atoms. The predicted molar refractivity (Wildman–Crippen MR) is 263 cm³/mol. The first-order valence-electron chi connectivity index (χ1n) is 20.6. The Kier molecular flexibility index (Phi) is 7.59. The molecule has 0 aliphatic rings. The van der Waals surface area contributed by atoms with Gasteiger partial charge in [0.05, 0.1) is 0 Å². The third kappa shape index (κ3) is 5.03. The van der Waals surface area contributed by atoms with Crippen LogP contribution in [0.1, 0.15) is 0 Å². The Balaban J connectivity index is 1.02. The molecule has 0 radical (unpaired) electrons. The van der Waals surface area contributed by atoms with E-state index in [-0.39, 0.29) is 14.5 Å². The van der Waals surface area contributed by atoms with E-state index < -0.39 is 0 Å². The van der Waals surface area contributed by atoms with E-state index >= 15 is 0 Å². The van der Waals surface area contributed by atoms with Gasteiger partial charge in [-0.1, -0.05) is 12.1 Å². The molecule has 0 atom stereocenters. The number of benzene rings is 11. The van der Waals surface area contributed by atoms with Gasteiger partial charge in [0.1, 0.15) is 0 Å². The topological polar surface area (TPSA) is 0 Å². The van der Waals surface area contributed by atoms with Crippen LogP contribution in [-0.4, -0.2) is 14.5 Å². The molecule has 2 aromatic heterocycles. The molecule has 0 saturated heterocycles. The standard InChI is InChI=1S/C58H34SSe/c1-2-15-35(16-3-1)54-39-17-4-6-19-41(39)56(42-20-7-5-18-40(42)54)37-29-31-38-49-33-36(30-32-52(49)60-53(38)34-37)55-43-21-8-10-23-45(43)57(46-24-11-9-22-44(46)55)48-26-14-28-51-58(48)47-25-12-13-27-50(47)59-51/h1-34H. The molecule has 11 aromatic carbocycles. The maximum absolute atomic E-state index is 2.50. The average Bonchev–Trinajstić information content (AvgIpc) is 3.88. The first-order chi connectivity index (χ1) is 29.8. The van der Waals surface area contributed by atoms with E-state index in [0.29, 0.717) is 0 Å². The van der Waals surface area contributed by atoms with Gasteiger partial charge >= 0.3 is 341 Å². The quantitative estimate of drug-likeness (QED) is 0.122. The third-order valence-corrected chi connectivity index (χ3v) is 16.2. The van der Waals surface area contributed by atoms with E-state index in [4.69, 9.17) is 0 Å². The Morgan fingerprint density at radius 2 is 0.733 bits per heavy atom. The number of hydrogen-bond donors (Lipinski definition) is 0. The molecule has 60 heavy (non-hydrogen) atoms. The van der Waals surface area contributed by atoms with E-state index in [1.54, 1.807) is 0 Å². The van der Waals surface area contributed by atoms with Crippen molar-refractivity contribution >= 4 is 108 Å². The second kappa shape index (κ2) is 13.4. The van der Waals surface area contributed by atoms with Gasteiger partial charge in [0.25, 0.3) is 0 Å². The molecule has 0 aliphatic carbocycles. The molecule has 0 amide bonds. The molecule has 278 valence electrons. The molecule has 2 heterocycles. The Morgan fingerprint density at radius 3 is 1.33 bits per heavy atom. The van der Waals surface area contributed by atoms with Gasteiger partial charge in [-0.25, -0.2) is 0 Å². The third-order valence-electron chi connectivity index (χ3n) is 12.6. The Hall–Kier alpha value is -6.80. The summed E-state index contributed by atoms with van der Waals surface area (Å²) in [7, 11) is 0. The summed E-state index contributed by atoms with van der Waals surface area (Å²) >= 11 is 2.09. The molecule has 0 unspecified atom stereocenters. The van der Waals surface area contributed by atoms with Crippen LogP contribution in [0.25, 0.3) is 127 Å². The van der Waals surface area contributed by atoms with Crippen molar-refractivity contribution in [2.45, 2.75) is 0 Å². The summed E-state index contributed by atoms with van der Waals surface area (Å²) in [6.07, 6.45) is 0. The van der Waals surface area contributed by atoms with Crippen molar-refractivity contribution in [2.24, 2.45) is 0 Å². The zero-order valence-electron chi connectivity index (χ0n) is 32.4. The van der Waals surface area contributed by atoms with Gasteiger partial charge in [-0.15, -0.1) is 0 Å². The van der Waals surface area contributed by atoms with Crippen LogP contribution in [0.2, 0.25) is 0 Å². The van der Waals surface area contributed by atoms with E-state index in [1.807, 2.05) is 11.3 Å². The van der Waals surface area contributed by atoms with Crippen molar-refractivity contribution in [1.29, 1.82) is 0 Å². The minimum atomic E-state index is 0.199. The number of rotatable bonds is 4. The van der Waals surface area contributed by atoms with Gasteiger partial charge < -0.3 is 0 Å². The molecule has 0 aliphatic heterocycles. The molecule has 0 saturated carbocycles. The SMILES string of the molecule is c1ccc(-c2c3ccccc3c(-c3ccc4c(c3)[se]c3ccc(-c5c6ccccc6c(-c6cccc7sc8ccccc8c67)c6ccccc56)cc34)c3ccccc23)cc1. The first-order valence-corrected chi connectivity index (χ1v) is 23.1. The van der Waals surface area contributed by atoms with Gasteiger partial charge in [0.2, 0.25) is 0 Å². The van der Waals surface area contributed by atoms with Crippen LogP contribution >= 0.6 is 11.3 Å². The summed E-state index contributed by atoms with van der Waals surface area (Å²) in [5.74, 6) is 0. The molecule has 0 fully saturated rings. The fourth-order valence-corrected chi connectivity index (χ4v) is 13.7. The molecule has 13 rings (SSSR count). The van der Waals surface area contributed by atoms with Crippen molar-refractivity contribution in [1.82, 2.24) is 0 Å². The number of fused-ring (bicyclic) bond motifs is 10. The van der Waals surface area contributed by atoms with Gasteiger partial charge in [-0.2, -0.15) is 0 Å². The van der Waals surface area contributed by atoms with Crippen LogP contribution in [0.5, 0.6) is 0 Å². The van der Waals surface area contributed by atoms with Crippen LogP contribution in [0.3, 0.4) is 0 Å². The van der Waals surface area contributed by atoms with Crippen molar-refractivity contribution in [2.75, 3.05) is 0 Å². The molecule has 0 N–H and O–H groups in total. The summed E-state index contributed by atoms with van der Waals surface area (Å²) in [5, 5.41) is 15.8. The van der Waals surface area contributed by atoms with Crippen molar-refractivity contribution in [3.05, 3.63) is 206 Å². The second-order valence-corrected chi connectivity index (χ2v) is 19.2. The van der Waals surface area contributed by atoms with Crippen LogP contribution in [0.15, 0.2) is 206 Å². The van der Waals surface area contributed by atoms with Crippen LogP contribution < -0.4 is 0 Å². The van der Waals surface area contributed by atoms with Gasteiger partial charge in [-0.3, -0.25) is 0 Å². The van der Waals surface area contributed by atoms with Gasteiger partial charge in [0, 0.05) is 0 Å². The summed E-state index contributed by atoms with van der Waals surface area (Å²) in [4.78, 5) is 0. The Morgan fingerprint density at radius 1 is 0.267 bits per heavy atom. The second-order valence-electron chi connectivity index (χ2n) is 15.8. The van der Waals surface area contributed by atoms with Crippen LogP contribution in [-0.2, 0) is 0 Å². The Bertz CT molecular complexity index is 3770. The molecule has 0 spiro atoms. The van der Waals surface area contributed by atoms with E-state index in [2.05, 4.69) is 206 Å². The maximum atomic E-state index is 2.50. The average molecular weight is 842 g/mol.